The molecule has 0 aliphatic carbocycles. The van der Waals surface area contributed by atoms with Crippen LogP contribution in [-0.2, 0) is 13.1 Å². The molecule has 3 amide bonds. The summed E-state index contributed by atoms with van der Waals surface area (Å²) in [5.41, 5.74) is 8.16. The van der Waals surface area contributed by atoms with Crippen LogP contribution in [-0.4, -0.2) is 21.8 Å². The van der Waals surface area contributed by atoms with Gasteiger partial charge in [-0.3, -0.25) is 14.9 Å². The highest BCUT2D eigenvalue weighted by Crippen LogP contribution is 2.13. The minimum absolute atomic E-state index is 0.00441. The molecule has 1 aromatic heterocycles. The van der Waals surface area contributed by atoms with E-state index in [9.17, 15) is 19.7 Å². The van der Waals surface area contributed by atoms with Gasteiger partial charge < -0.3 is 21.7 Å². The van der Waals surface area contributed by atoms with Crippen molar-refractivity contribution in [2.75, 3.05) is 11.1 Å². The zero-order chi connectivity index (χ0) is 22.2. The van der Waals surface area contributed by atoms with Crippen LogP contribution in [0.3, 0.4) is 0 Å². The molecule has 5 N–H and O–H groups in total. The molecule has 0 spiro atoms. The van der Waals surface area contributed by atoms with E-state index in [0.717, 1.165) is 11.1 Å². The summed E-state index contributed by atoms with van der Waals surface area (Å²) in [4.78, 5) is 38.3. The SMILES string of the molecule is Nc1cc(NC(=O)c2ccc(CNC(=O)NCc3ccc([N+](=O)[O-])cc3)cc2)ccn1. The maximum absolute atomic E-state index is 12.3. The van der Waals surface area contributed by atoms with Crippen molar-refractivity contribution >= 4 is 29.1 Å². The number of aromatic nitrogens is 1. The summed E-state index contributed by atoms with van der Waals surface area (Å²) < 4.78 is 0. The molecule has 0 aliphatic heterocycles. The number of nitrogen functional groups attached to an aromatic ring is 1. The molecule has 31 heavy (non-hydrogen) atoms. The number of nitro groups is 1. The van der Waals surface area contributed by atoms with Crippen molar-refractivity contribution < 1.29 is 14.5 Å². The van der Waals surface area contributed by atoms with E-state index in [1.807, 2.05) is 0 Å². The van der Waals surface area contributed by atoms with Gasteiger partial charge in [0.25, 0.3) is 11.6 Å². The number of urea groups is 1. The maximum atomic E-state index is 12.3. The van der Waals surface area contributed by atoms with Crippen molar-refractivity contribution in [2.45, 2.75) is 13.1 Å². The summed E-state index contributed by atoms with van der Waals surface area (Å²) in [6.45, 7) is 0.511. The van der Waals surface area contributed by atoms with Gasteiger partial charge in [0.05, 0.1) is 4.92 Å². The normalized spacial score (nSPS) is 10.2. The van der Waals surface area contributed by atoms with Gasteiger partial charge in [0, 0.05) is 48.7 Å². The average molecular weight is 420 g/mol. The number of nitrogens with one attached hydrogen (secondary N) is 3. The Morgan fingerprint density at radius 1 is 0.935 bits per heavy atom. The van der Waals surface area contributed by atoms with Crippen LogP contribution < -0.4 is 21.7 Å². The zero-order valence-electron chi connectivity index (χ0n) is 16.4. The smallest absolute Gasteiger partial charge is 0.315 e. The average Bonchev–Trinajstić information content (AvgIpc) is 2.77. The quantitative estimate of drug-likeness (QED) is 0.341. The van der Waals surface area contributed by atoms with Crippen molar-refractivity contribution in [1.29, 1.82) is 0 Å². The lowest BCUT2D eigenvalue weighted by atomic mass is 10.1. The first-order valence-electron chi connectivity index (χ1n) is 9.27. The van der Waals surface area contributed by atoms with Crippen LogP contribution in [0.4, 0.5) is 22.0 Å². The second-order valence-electron chi connectivity index (χ2n) is 6.58. The standard InChI is InChI=1S/C21H20N6O4/c22-19-11-17(9-10-23-19)26-20(28)16-5-1-14(2-6-16)12-24-21(29)25-13-15-3-7-18(8-4-15)27(30)31/h1-11H,12-13H2,(H2,24,25,29)(H3,22,23,26,28). The fourth-order valence-electron chi connectivity index (χ4n) is 2.67. The van der Waals surface area contributed by atoms with Gasteiger partial charge in [-0.05, 0) is 29.3 Å². The number of hydrogen-bond donors (Lipinski definition) is 4. The topological polar surface area (TPSA) is 152 Å². The first-order valence-corrected chi connectivity index (χ1v) is 9.27. The fraction of sp³-hybridized carbons (Fsp3) is 0.0952. The van der Waals surface area contributed by atoms with E-state index in [4.69, 9.17) is 5.73 Å². The number of carbonyl (C=O) groups excluding carboxylic acids is 2. The third-order valence-electron chi connectivity index (χ3n) is 4.31. The highest BCUT2D eigenvalue weighted by molar-refractivity contribution is 6.04. The van der Waals surface area contributed by atoms with Crippen LogP contribution >= 0.6 is 0 Å². The minimum atomic E-state index is -0.478. The van der Waals surface area contributed by atoms with Crippen molar-refractivity contribution in [3.8, 4) is 0 Å². The van der Waals surface area contributed by atoms with E-state index in [2.05, 4.69) is 20.9 Å². The molecule has 1 heterocycles. The Bertz CT molecular complexity index is 1080. The van der Waals surface area contributed by atoms with Gasteiger partial charge in [0.1, 0.15) is 5.82 Å². The Morgan fingerprint density at radius 3 is 2.06 bits per heavy atom. The van der Waals surface area contributed by atoms with Gasteiger partial charge in [-0.25, -0.2) is 9.78 Å². The fourth-order valence-corrected chi connectivity index (χ4v) is 2.67. The third-order valence-corrected chi connectivity index (χ3v) is 4.31. The number of carbonyl (C=O) groups is 2. The van der Waals surface area contributed by atoms with E-state index in [1.165, 1.54) is 18.3 Å². The number of pyridine rings is 1. The summed E-state index contributed by atoms with van der Waals surface area (Å²) in [7, 11) is 0. The molecule has 0 saturated carbocycles. The van der Waals surface area contributed by atoms with Gasteiger partial charge in [-0.1, -0.05) is 24.3 Å². The van der Waals surface area contributed by atoms with Crippen molar-refractivity contribution in [3.05, 3.63) is 93.7 Å². The Hall–Kier alpha value is -4.47. The van der Waals surface area contributed by atoms with Crippen LogP contribution in [0, 0.1) is 10.1 Å². The Labute approximate surface area is 177 Å². The third kappa shape index (κ3) is 6.26. The van der Waals surface area contributed by atoms with Crippen LogP contribution in [0.1, 0.15) is 21.5 Å². The first-order chi connectivity index (χ1) is 14.9. The number of nitrogens with zero attached hydrogens (tertiary/aromatic N) is 2. The summed E-state index contributed by atoms with van der Waals surface area (Å²) >= 11 is 0. The monoisotopic (exact) mass is 420 g/mol. The number of anilines is 2. The van der Waals surface area contributed by atoms with Crippen LogP contribution in [0.2, 0.25) is 0 Å². The highest BCUT2D eigenvalue weighted by Gasteiger charge is 2.08. The van der Waals surface area contributed by atoms with E-state index in [1.54, 1.807) is 48.5 Å². The van der Waals surface area contributed by atoms with Gasteiger partial charge in [0.15, 0.2) is 0 Å². The molecule has 10 heteroatoms. The predicted octanol–water partition coefficient (Wildman–Crippen LogP) is 2.82. The number of amides is 3. The molecule has 0 radical (unpaired) electrons. The minimum Gasteiger partial charge on any atom is -0.384 e. The molecule has 10 nitrogen and oxygen atoms in total. The lowest BCUT2D eigenvalue weighted by Gasteiger charge is -2.09. The molecule has 0 bridgehead atoms. The zero-order valence-corrected chi connectivity index (χ0v) is 16.4. The molecule has 0 unspecified atom stereocenters. The number of rotatable bonds is 7. The molecule has 3 rings (SSSR count). The van der Waals surface area contributed by atoms with Gasteiger partial charge in [-0.2, -0.15) is 0 Å². The Morgan fingerprint density at radius 2 is 1.52 bits per heavy atom. The van der Waals surface area contributed by atoms with Crippen LogP contribution in [0.25, 0.3) is 0 Å². The van der Waals surface area contributed by atoms with Crippen molar-refractivity contribution in [1.82, 2.24) is 15.6 Å². The Balaban J connectivity index is 1.45. The van der Waals surface area contributed by atoms with Crippen molar-refractivity contribution in [2.24, 2.45) is 0 Å². The molecule has 0 atom stereocenters. The Kier molecular flexibility index (Phi) is 6.74. The molecule has 2 aromatic carbocycles. The second kappa shape index (κ2) is 9.83. The summed E-state index contributed by atoms with van der Waals surface area (Å²) in [6, 6.07) is 15.6. The number of nitrogens with two attached hydrogens (primary N) is 1. The molecule has 0 fully saturated rings. The molecule has 0 saturated heterocycles. The number of hydrogen-bond acceptors (Lipinski definition) is 6. The summed E-state index contributed by atoms with van der Waals surface area (Å²) in [5, 5.41) is 18.8. The van der Waals surface area contributed by atoms with Gasteiger partial charge in [0.2, 0.25) is 0 Å². The van der Waals surface area contributed by atoms with E-state index in [-0.39, 0.29) is 30.7 Å². The second-order valence-corrected chi connectivity index (χ2v) is 6.58. The maximum Gasteiger partial charge on any atom is 0.315 e. The summed E-state index contributed by atoms with van der Waals surface area (Å²) in [5.74, 6) is 0.0250. The largest absolute Gasteiger partial charge is 0.384 e. The number of non-ortho nitro benzene ring substituents is 1. The van der Waals surface area contributed by atoms with Crippen LogP contribution in [0.15, 0.2) is 66.9 Å². The predicted molar refractivity (Wildman–Crippen MR) is 115 cm³/mol. The lowest BCUT2D eigenvalue weighted by Crippen LogP contribution is -2.34. The van der Waals surface area contributed by atoms with Gasteiger partial charge >= 0.3 is 6.03 Å². The number of nitro benzene ring substituents is 1. The van der Waals surface area contributed by atoms with E-state index >= 15 is 0 Å². The lowest BCUT2D eigenvalue weighted by molar-refractivity contribution is -0.384. The molecule has 158 valence electrons. The first kappa shape index (κ1) is 21.2. The summed E-state index contributed by atoms with van der Waals surface area (Å²) in [6.07, 6.45) is 1.51. The van der Waals surface area contributed by atoms with Crippen LogP contribution in [0.5, 0.6) is 0 Å². The molecular weight excluding hydrogens is 400 g/mol. The highest BCUT2D eigenvalue weighted by atomic mass is 16.6. The van der Waals surface area contributed by atoms with Gasteiger partial charge in [-0.15, -0.1) is 0 Å². The van der Waals surface area contributed by atoms with E-state index < -0.39 is 4.92 Å². The van der Waals surface area contributed by atoms with E-state index in [0.29, 0.717) is 17.1 Å². The molecule has 0 aliphatic rings. The molecule has 3 aromatic rings. The molecular formula is C21H20N6O4. The number of benzene rings is 2. The van der Waals surface area contributed by atoms with Crippen molar-refractivity contribution in [3.63, 3.8) is 0 Å².